The first-order chi connectivity index (χ1) is 27.1. The van der Waals surface area contributed by atoms with Crippen molar-refractivity contribution in [1.82, 2.24) is 0 Å². The van der Waals surface area contributed by atoms with Gasteiger partial charge in [-0.05, 0) is 24.3 Å². The van der Waals surface area contributed by atoms with Gasteiger partial charge in [0.15, 0.2) is 69.8 Å². The molecule has 0 N–H and O–H groups in total. The molecule has 0 bridgehead atoms. The maximum atomic E-state index is 15.4. The molecule has 5 aromatic carbocycles. The fourth-order valence-electron chi connectivity index (χ4n) is 5.97. The Labute approximate surface area is 316 Å². The van der Waals surface area contributed by atoms with E-state index in [4.69, 9.17) is 0 Å². The number of rotatable bonds is 9. The first-order valence-corrected chi connectivity index (χ1v) is 17.0. The first-order valence-electron chi connectivity index (χ1n) is 15.7. The molecule has 0 spiro atoms. The van der Waals surface area contributed by atoms with Crippen molar-refractivity contribution in [2.75, 3.05) is 5.75 Å². The lowest BCUT2D eigenvalue weighted by Gasteiger charge is -2.44. The molecule has 22 heteroatoms. The van der Waals surface area contributed by atoms with Gasteiger partial charge in [-0.15, -0.1) is 21.9 Å². The van der Waals surface area contributed by atoms with E-state index in [1.54, 1.807) is 0 Å². The number of hydrogen-bond acceptors (Lipinski definition) is 0. The molecule has 310 valence electrons. The Bertz CT molecular complexity index is 2040. The minimum atomic E-state index is -7.22. The highest BCUT2D eigenvalue weighted by Gasteiger charge is 2.52. The largest absolute Gasteiger partial charge is 0.207 e. The number of halogens is 20. The Hall–Kier alpha value is -5.15. The summed E-state index contributed by atoms with van der Waals surface area (Å²) in [5, 5.41) is 0. The summed E-state index contributed by atoms with van der Waals surface area (Å²) >= 11 is 1.50. The third-order valence-corrected chi connectivity index (χ3v) is 9.54. The van der Waals surface area contributed by atoms with Crippen molar-refractivity contribution in [3.05, 3.63) is 164 Å². The minimum Gasteiger partial charge on any atom is -0.207 e. The van der Waals surface area contributed by atoms with E-state index in [9.17, 15) is 52.7 Å². The molecule has 0 aliphatic heterocycles. The van der Waals surface area contributed by atoms with E-state index in [1.807, 2.05) is 0 Å². The van der Waals surface area contributed by atoms with Crippen LogP contribution in [0.1, 0.15) is 18.9 Å². The lowest BCUT2D eigenvalue weighted by atomic mass is 9.12. The van der Waals surface area contributed by atoms with Gasteiger partial charge in [0.1, 0.15) is 64.2 Å². The van der Waals surface area contributed by atoms with Crippen molar-refractivity contribution >= 4 is 39.8 Å². The average Bonchev–Trinajstić information content (AvgIpc) is 3.21. The Kier molecular flexibility index (Phi) is 14.0. The summed E-state index contributed by atoms with van der Waals surface area (Å²) in [6.07, 6.45) is -1.56. The minimum absolute atomic E-state index is 1.15. The van der Waals surface area contributed by atoms with E-state index < -0.39 is 144 Å². The molecule has 0 saturated heterocycles. The average molecular weight is 872 g/mol. The molecule has 0 atom stereocenters. The van der Waals surface area contributed by atoms with Crippen LogP contribution in [0, 0.1) is 116 Å². The summed E-state index contributed by atoms with van der Waals surface area (Å²) in [6, 6.07) is 10.7. The molecular formula is C36H17BF20S. The van der Waals surface area contributed by atoms with Crippen LogP contribution in [0.2, 0.25) is 0 Å². The maximum absolute atomic E-state index is 15.4. The summed E-state index contributed by atoms with van der Waals surface area (Å²) in [6.45, 7) is 2.17. The Balaban J connectivity index is 0.000000486. The SMILES string of the molecule is CCC=CC[SH+]Cc1ccccc1.Fc1c(F)c(F)c([B-](c2c(F)c(F)c(F)c(F)c2F)(c2c(F)c(F)c(F)c(F)c2F)c2c(F)c(F)c(F)c(F)c2F)c(F)c1F. The fraction of sp³-hybridized carbons (Fsp3) is 0.111. The number of thiol groups is 1. The smallest absolute Gasteiger partial charge is 0.200 e. The molecule has 5 rings (SSSR count). The fourth-order valence-corrected chi connectivity index (χ4v) is 6.86. The van der Waals surface area contributed by atoms with Gasteiger partial charge < -0.3 is 0 Å². The van der Waals surface area contributed by atoms with E-state index in [0.717, 1.165) is 6.42 Å². The Morgan fingerprint density at radius 1 is 0.362 bits per heavy atom. The zero-order chi connectivity index (χ0) is 43.7. The van der Waals surface area contributed by atoms with Gasteiger partial charge in [-0.2, -0.15) is 0 Å². The molecular weight excluding hydrogens is 855 g/mol. The Morgan fingerprint density at radius 2 is 0.603 bits per heavy atom. The topological polar surface area (TPSA) is 0 Å². The van der Waals surface area contributed by atoms with Crippen LogP contribution in [0.4, 0.5) is 87.8 Å². The second kappa shape index (κ2) is 17.8. The van der Waals surface area contributed by atoms with Crippen LogP contribution in [-0.2, 0) is 17.5 Å². The molecule has 0 fully saturated rings. The predicted octanol–water partition coefficient (Wildman–Crippen LogP) is 8.81. The summed E-state index contributed by atoms with van der Waals surface area (Å²) < 4.78 is 294. The van der Waals surface area contributed by atoms with Crippen molar-refractivity contribution in [1.29, 1.82) is 0 Å². The van der Waals surface area contributed by atoms with Crippen molar-refractivity contribution in [3.8, 4) is 0 Å². The van der Waals surface area contributed by atoms with Crippen molar-refractivity contribution in [3.63, 3.8) is 0 Å². The standard InChI is InChI=1S/C24BF20.C12H16S/c26-5-1(6(27)14(35)21(42)13(5)34)25(2-7(28)15(36)22(43)16(37)8(2)29,3-9(30)17(38)23(44)18(39)10(3)31)4-11(32)19(40)24(45)20(41)12(4)33;1-2-3-7-10-13-11-12-8-5-4-6-9-12/h;3-9H,2,10-11H2,1H3/q-1;/p+1. The summed E-state index contributed by atoms with van der Waals surface area (Å²) in [5.41, 5.74) is -12.9. The molecule has 0 aliphatic rings. The molecule has 5 aromatic rings. The van der Waals surface area contributed by atoms with E-state index in [0.29, 0.717) is 0 Å². The van der Waals surface area contributed by atoms with Gasteiger partial charge in [0.2, 0.25) is 0 Å². The van der Waals surface area contributed by atoms with Gasteiger partial charge in [0.05, 0.1) is 0 Å². The zero-order valence-corrected chi connectivity index (χ0v) is 29.1. The summed E-state index contributed by atoms with van der Waals surface area (Å²) in [5.74, 6) is -69.0. The lowest BCUT2D eigenvalue weighted by molar-refractivity contribution is 0.378. The molecule has 0 radical (unpaired) electrons. The molecule has 0 saturated carbocycles. The van der Waals surface area contributed by atoms with Crippen LogP contribution >= 0.6 is 0 Å². The maximum Gasteiger partial charge on any atom is 0.200 e. The third kappa shape index (κ3) is 7.50. The number of allylic oxidation sites excluding steroid dienone is 1. The van der Waals surface area contributed by atoms with Crippen molar-refractivity contribution < 1.29 is 87.8 Å². The molecule has 0 nitrogen and oxygen atoms in total. The van der Waals surface area contributed by atoms with E-state index in [1.165, 1.54) is 28.8 Å². The van der Waals surface area contributed by atoms with Crippen LogP contribution in [-0.4, -0.2) is 11.9 Å². The first kappa shape index (κ1) is 45.6. The monoisotopic (exact) mass is 872 g/mol. The van der Waals surface area contributed by atoms with Gasteiger partial charge >= 0.3 is 0 Å². The molecule has 0 heterocycles. The highest BCUT2D eigenvalue weighted by molar-refractivity contribution is 7.77. The molecule has 0 aromatic heterocycles. The quantitative estimate of drug-likeness (QED) is 0.0203. The second-order valence-electron chi connectivity index (χ2n) is 11.7. The van der Waals surface area contributed by atoms with Gasteiger partial charge in [-0.3, -0.25) is 0 Å². The van der Waals surface area contributed by atoms with Crippen LogP contribution in [0.3, 0.4) is 0 Å². The Morgan fingerprint density at radius 3 is 0.845 bits per heavy atom. The molecule has 58 heavy (non-hydrogen) atoms. The van der Waals surface area contributed by atoms with Gasteiger partial charge in [0.25, 0.3) is 0 Å². The van der Waals surface area contributed by atoms with E-state index >= 15 is 35.1 Å². The highest BCUT2D eigenvalue weighted by Crippen LogP contribution is 2.30. The molecule has 0 aliphatic carbocycles. The summed E-state index contributed by atoms with van der Waals surface area (Å²) in [4.78, 5) is 0. The van der Waals surface area contributed by atoms with Crippen molar-refractivity contribution in [2.24, 2.45) is 0 Å². The van der Waals surface area contributed by atoms with Crippen LogP contribution in [0.25, 0.3) is 0 Å². The van der Waals surface area contributed by atoms with Gasteiger partial charge in [-0.25, -0.2) is 87.8 Å². The van der Waals surface area contributed by atoms with Crippen LogP contribution < -0.4 is 21.9 Å². The summed E-state index contributed by atoms with van der Waals surface area (Å²) in [7, 11) is 0. The predicted molar refractivity (Wildman–Crippen MR) is 172 cm³/mol. The van der Waals surface area contributed by atoms with Gasteiger partial charge in [0, 0.05) is 5.56 Å². The van der Waals surface area contributed by atoms with Crippen molar-refractivity contribution in [2.45, 2.75) is 19.1 Å². The zero-order valence-electron chi connectivity index (χ0n) is 28.2. The number of benzene rings is 5. The second-order valence-corrected chi connectivity index (χ2v) is 12.9. The van der Waals surface area contributed by atoms with Gasteiger partial charge in [-0.1, -0.05) is 43.3 Å². The number of hydrogen-bond donors (Lipinski definition) is 0. The lowest BCUT2D eigenvalue weighted by Crippen LogP contribution is -2.81. The normalized spacial score (nSPS) is 11.7. The van der Waals surface area contributed by atoms with E-state index in [-0.39, 0.29) is 0 Å². The molecule has 0 amide bonds. The van der Waals surface area contributed by atoms with Crippen LogP contribution in [0.5, 0.6) is 0 Å². The van der Waals surface area contributed by atoms with E-state index in [2.05, 4.69) is 49.4 Å². The third-order valence-electron chi connectivity index (χ3n) is 8.48. The molecule has 0 unspecified atom stereocenters. The van der Waals surface area contributed by atoms with Crippen LogP contribution in [0.15, 0.2) is 42.5 Å². The highest BCUT2D eigenvalue weighted by atomic mass is 32.2.